The zero-order valence-corrected chi connectivity index (χ0v) is 20.5. The van der Waals surface area contributed by atoms with Crippen LogP contribution in [0.25, 0.3) is 0 Å². The Bertz CT molecular complexity index is 869. The van der Waals surface area contributed by atoms with Gasteiger partial charge in [0, 0.05) is 5.56 Å². The van der Waals surface area contributed by atoms with Gasteiger partial charge in [-0.05, 0) is 36.4 Å². The predicted octanol–water partition coefficient (Wildman–Crippen LogP) is 1.16. The molecule has 0 heterocycles. The van der Waals surface area contributed by atoms with Crippen LogP contribution >= 0.6 is 0 Å². The summed E-state index contributed by atoms with van der Waals surface area (Å²) in [6.45, 7) is 0. The Morgan fingerprint density at radius 1 is 0.923 bits per heavy atom. The number of guanidine groups is 1. The topological polar surface area (TPSA) is 53.5 Å². The summed E-state index contributed by atoms with van der Waals surface area (Å²) in [6, 6.07) is 24.7. The summed E-state index contributed by atoms with van der Waals surface area (Å²) < 4.78 is 13.1. The molecule has 0 spiro atoms. The van der Waals surface area contributed by atoms with Crippen molar-refractivity contribution in [3.8, 4) is 0 Å². The summed E-state index contributed by atoms with van der Waals surface area (Å²) in [5.74, 6) is -0.425. The van der Waals surface area contributed by atoms with Crippen LogP contribution in [0, 0.1) is 11.9 Å². The number of benzene rings is 3. The van der Waals surface area contributed by atoms with Crippen molar-refractivity contribution in [2.45, 2.75) is 0 Å². The van der Waals surface area contributed by atoms with Crippen molar-refractivity contribution in [3.05, 3.63) is 96.3 Å². The summed E-state index contributed by atoms with van der Waals surface area (Å²) in [5, 5.41) is 5.74. The molecule has 0 fully saturated rings. The van der Waals surface area contributed by atoms with Crippen molar-refractivity contribution >= 4 is 23.2 Å². The second-order valence-corrected chi connectivity index (χ2v) is 5.16. The second kappa shape index (κ2) is 10.7. The summed E-state index contributed by atoms with van der Waals surface area (Å²) in [6.07, 6.45) is 0. The number of nitrogens with zero attached hydrogens (tertiary/aromatic N) is 1. The van der Waals surface area contributed by atoms with Crippen LogP contribution in [-0.4, -0.2) is 11.9 Å². The van der Waals surface area contributed by atoms with E-state index in [1.54, 1.807) is 36.4 Å². The molecule has 0 atom stereocenters. The summed E-state index contributed by atoms with van der Waals surface area (Å²) in [5.41, 5.74) is 1.66. The first-order valence-electron chi connectivity index (χ1n) is 7.65. The van der Waals surface area contributed by atoms with Gasteiger partial charge in [0.15, 0.2) is 0 Å². The predicted molar refractivity (Wildman–Crippen MR) is 96.3 cm³/mol. The standard InChI is InChI=1S/C20H15FN3O.Cs/c21-16-11-13-18(14-12-16)23-20(22-17-9-5-2-6-10-17)24-19(25)15-7-3-1-4-8-15;/h1-9,11-14H,(H2,22,23,24,25);/q-1;+1. The fourth-order valence-electron chi connectivity index (χ4n) is 2.10. The molecule has 0 saturated heterocycles. The van der Waals surface area contributed by atoms with Crippen molar-refractivity contribution in [3.63, 3.8) is 0 Å². The number of aliphatic imine (C=N–C) groups is 1. The van der Waals surface area contributed by atoms with Crippen LogP contribution in [0.2, 0.25) is 0 Å². The van der Waals surface area contributed by atoms with E-state index in [-0.39, 0.29) is 86.6 Å². The number of hydrogen-bond donors (Lipinski definition) is 2. The van der Waals surface area contributed by atoms with Crippen LogP contribution in [0.1, 0.15) is 10.4 Å². The first kappa shape index (κ1) is 20.9. The largest absolute Gasteiger partial charge is 1.00 e. The van der Waals surface area contributed by atoms with Gasteiger partial charge in [0.25, 0.3) is 5.91 Å². The van der Waals surface area contributed by atoms with Crippen molar-refractivity contribution < 1.29 is 78.1 Å². The van der Waals surface area contributed by atoms with E-state index in [0.717, 1.165) is 0 Å². The van der Waals surface area contributed by atoms with Gasteiger partial charge in [-0.3, -0.25) is 10.1 Å². The molecule has 6 heteroatoms. The third kappa shape index (κ3) is 6.39. The molecule has 4 nitrogen and oxygen atoms in total. The van der Waals surface area contributed by atoms with Crippen molar-refractivity contribution in [1.82, 2.24) is 5.32 Å². The average Bonchev–Trinajstić information content (AvgIpc) is 2.65. The van der Waals surface area contributed by atoms with E-state index in [1.807, 2.05) is 18.2 Å². The Balaban J connectivity index is 0.00000243. The molecule has 124 valence electrons. The Hall–Kier alpha value is -1.42. The molecule has 0 unspecified atom stereocenters. The third-order valence-electron chi connectivity index (χ3n) is 3.30. The number of rotatable bonds is 3. The minimum atomic E-state index is -0.349. The van der Waals surface area contributed by atoms with Crippen molar-refractivity contribution in [2.75, 3.05) is 5.32 Å². The van der Waals surface area contributed by atoms with Gasteiger partial charge in [0.05, 0.1) is 5.69 Å². The first-order valence-corrected chi connectivity index (χ1v) is 7.65. The van der Waals surface area contributed by atoms with Crippen LogP contribution < -0.4 is 79.5 Å². The average molecular weight is 465 g/mol. The smallest absolute Gasteiger partial charge is 0.349 e. The molecule has 0 aliphatic carbocycles. The van der Waals surface area contributed by atoms with E-state index in [0.29, 0.717) is 16.9 Å². The van der Waals surface area contributed by atoms with E-state index in [1.165, 1.54) is 24.3 Å². The Morgan fingerprint density at radius 3 is 2.27 bits per heavy atom. The SMILES string of the molecule is O=C(NC(=Nc1ccc(F)cc1)Nc1[c-]cccc1)c1ccccc1.[Cs+]. The Morgan fingerprint density at radius 2 is 1.62 bits per heavy atom. The van der Waals surface area contributed by atoms with E-state index >= 15 is 0 Å². The molecule has 3 rings (SSSR count). The molecule has 0 saturated carbocycles. The monoisotopic (exact) mass is 465 g/mol. The number of carbonyl (C=O) groups excluding carboxylic acids is 1. The van der Waals surface area contributed by atoms with Crippen molar-refractivity contribution in [1.29, 1.82) is 0 Å². The quantitative estimate of drug-likeness (QED) is 0.347. The molecule has 1 amide bonds. The van der Waals surface area contributed by atoms with E-state index < -0.39 is 0 Å². The molecule has 26 heavy (non-hydrogen) atoms. The summed E-state index contributed by atoms with van der Waals surface area (Å²) in [4.78, 5) is 16.7. The van der Waals surface area contributed by atoms with Crippen molar-refractivity contribution in [2.24, 2.45) is 4.99 Å². The molecule has 3 aromatic carbocycles. The molecule has 0 aromatic heterocycles. The molecular formula is C20H15CsFN3O. The molecule has 3 aromatic rings. The van der Waals surface area contributed by atoms with Gasteiger partial charge in [0.2, 0.25) is 5.96 Å². The fourth-order valence-corrected chi connectivity index (χ4v) is 2.10. The number of nitrogens with one attached hydrogen (secondary N) is 2. The van der Waals surface area contributed by atoms with Gasteiger partial charge in [-0.25, -0.2) is 9.38 Å². The molecular weight excluding hydrogens is 450 g/mol. The normalized spacial score (nSPS) is 10.6. The maximum absolute atomic E-state index is 13.1. The van der Waals surface area contributed by atoms with Gasteiger partial charge in [-0.1, -0.05) is 23.9 Å². The zero-order chi connectivity index (χ0) is 17.5. The molecule has 0 aliphatic rings. The maximum Gasteiger partial charge on any atom is 1.00 e. The number of hydrogen-bond acceptors (Lipinski definition) is 2. The Kier molecular flexibility index (Phi) is 8.57. The summed E-state index contributed by atoms with van der Waals surface area (Å²) in [7, 11) is 0. The van der Waals surface area contributed by atoms with Crippen LogP contribution in [0.4, 0.5) is 15.8 Å². The minimum absolute atomic E-state index is 0. The molecule has 0 aliphatic heterocycles. The van der Waals surface area contributed by atoms with E-state index in [9.17, 15) is 9.18 Å². The van der Waals surface area contributed by atoms with Crippen LogP contribution in [0.3, 0.4) is 0 Å². The maximum atomic E-state index is 13.1. The number of para-hydroxylation sites is 1. The van der Waals surface area contributed by atoms with Gasteiger partial charge < -0.3 is 5.32 Å². The number of carbonyl (C=O) groups is 1. The van der Waals surface area contributed by atoms with Crippen LogP contribution in [0.5, 0.6) is 0 Å². The summed E-state index contributed by atoms with van der Waals surface area (Å²) >= 11 is 0. The molecule has 2 N–H and O–H groups in total. The minimum Gasteiger partial charge on any atom is -0.349 e. The first-order chi connectivity index (χ1) is 12.2. The second-order valence-electron chi connectivity index (χ2n) is 5.16. The number of halogens is 1. The number of anilines is 1. The van der Waals surface area contributed by atoms with E-state index in [2.05, 4.69) is 21.7 Å². The fraction of sp³-hybridized carbons (Fsp3) is 0. The van der Waals surface area contributed by atoms with Gasteiger partial charge in [0.1, 0.15) is 5.82 Å². The molecule has 0 radical (unpaired) electrons. The Labute approximate surface area is 210 Å². The van der Waals surface area contributed by atoms with E-state index in [4.69, 9.17) is 0 Å². The van der Waals surface area contributed by atoms with Crippen LogP contribution in [0.15, 0.2) is 83.9 Å². The zero-order valence-electron chi connectivity index (χ0n) is 14.2. The van der Waals surface area contributed by atoms with Gasteiger partial charge >= 0.3 is 68.9 Å². The third-order valence-corrected chi connectivity index (χ3v) is 3.30. The van der Waals surface area contributed by atoms with Crippen LogP contribution in [-0.2, 0) is 0 Å². The molecule has 0 bridgehead atoms. The van der Waals surface area contributed by atoms with Gasteiger partial charge in [-0.15, -0.1) is 6.07 Å². The van der Waals surface area contributed by atoms with Gasteiger partial charge in [-0.2, -0.15) is 24.3 Å². The number of amides is 1.